The molecule has 0 fully saturated rings. The van der Waals surface area contributed by atoms with Crippen molar-refractivity contribution in [3.05, 3.63) is 51.4 Å². The molecule has 0 saturated carbocycles. The summed E-state index contributed by atoms with van der Waals surface area (Å²) in [6.45, 7) is 5.97. The fourth-order valence-corrected chi connectivity index (χ4v) is 4.80. The van der Waals surface area contributed by atoms with Crippen molar-refractivity contribution in [2.45, 2.75) is 20.4 Å². The largest absolute Gasteiger partial charge is 0.327 e. The van der Waals surface area contributed by atoms with Crippen LogP contribution in [-0.4, -0.2) is 41.9 Å². The predicted molar refractivity (Wildman–Crippen MR) is 106 cm³/mol. The van der Waals surface area contributed by atoms with Crippen LogP contribution in [0.3, 0.4) is 0 Å². The second-order valence-corrected chi connectivity index (χ2v) is 8.37. The van der Waals surface area contributed by atoms with Crippen LogP contribution in [0, 0.1) is 13.8 Å². The number of hydrogen-bond acceptors (Lipinski definition) is 3. The molecule has 5 nitrogen and oxygen atoms in total. The number of aromatic nitrogens is 2. The molecule has 0 unspecified atom stereocenters. The van der Waals surface area contributed by atoms with E-state index in [2.05, 4.69) is 50.2 Å². The molecule has 0 N–H and O–H groups in total. The van der Waals surface area contributed by atoms with Crippen LogP contribution in [0.5, 0.6) is 0 Å². The number of aryl methyl sites for hydroxylation is 2. The van der Waals surface area contributed by atoms with E-state index in [4.69, 9.17) is 0 Å². The van der Waals surface area contributed by atoms with E-state index in [1.807, 2.05) is 19.1 Å². The van der Waals surface area contributed by atoms with Crippen LogP contribution in [0.4, 0.5) is 5.69 Å². The highest BCUT2D eigenvalue weighted by Crippen LogP contribution is 2.41. The summed E-state index contributed by atoms with van der Waals surface area (Å²) in [6.07, 6.45) is 0. The molecule has 26 heavy (non-hydrogen) atoms. The van der Waals surface area contributed by atoms with E-state index in [1.165, 1.54) is 16.6 Å². The highest BCUT2D eigenvalue weighted by atomic mass is 16.1. The summed E-state index contributed by atoms with van der Waals surface area (Å²) in [5.74, 6) is 0. The predicted octanol–water partition coefficient (Wildman–Crippen LogP) is 3.04. The molecular weight excluding hydrogens is 324 g/mol. The molecule has 0 spiro atoms. The topological polar surface area (TPSA) is 37.6 Å². The molecule has 2 aromatic carbocycles. The Morgan fingerprint density at radius 1 is 1.12 bits per heavy atom. The molecule has 0 aliphatic carbocycles. The highest BCUT2D eigenvalue weighted by Gasteiger charge is 2.31. The maximum atomic E-state index is 13.1. The first kappa shape index (κ1) is 15.6. The van der Waals surface area contributed by atoms with Crippen LogP contribution < -0.4 is 10.5 Å². The quantitative estimate of drug-likeness (QED) is 0.459. The lowest BCUT2D eigenvalue weighted by molar-refractivity contribution is -0.904. The second-order valence-electron chi connectivity index (χ2n) is 8.37. The van der Waals surface area contributed by atoms with E-state index in [1.54, 1.807) is 4.52 Å². The molecule has 5 heteroatoms. The minimum Gasteiger partial charge on any atom is -0.327 e. The number of quaternary nitrogens is 1. The number of anilines is 1. The molecule has 0 saturated heterocycles. The Balaban J connectivity index is 2.08. The molecule has 0 amide bonds. The van der Waals surface area contributed by atoms with Gasteiger partial charge in [0.15, 0.2) is 6.67 Å². The summed E-state index contributed by atoms with van der Waals surface area (Å²) >= 11 is 0. The van der Waals surface area contributed by atoms with Crippen molar-refractivity contribution in [3.8, 4) is 0 Å². The Kier molecular flexibility index (Phi) is 2.84. The maximum Gasteiger partial charge on any atom is 0.279 e. The van der Waals surface area contributed by atoms with Crippen molar-refractivity contribution in [1.29, 1.82) is 0 Å². The Labute approximate surface area is 152 Å². The molecule has 2 aromatic heterocycles. The molecule has 3 heterocycles. The Morgan fingerprint density at radius 2 is 1.85 bits per heavy atom. The Hall–Kier alpha value is -2.66. The van der Waals surface area contributed by atoms with Crippen molar-refractivity contribution in [3.63, 3.8) is 0 Å². The van der Waals surface area contributed by atoms with Gasteiger partial charge >= 0.3 is 0 Å². The average Bonchev–Trinajstić information content (AvgIpc) is 2.86. The first-order chi connectivity index (χ1) is 12.3. The van der Waals surface area contributed by atoms with Crippen molar-refractivity contribution in [1.82, 2.24) is 9.61 Å². The molecule has 1 aliphatic rings. The van der Waals surface area contributed by atoms with Crippen molar-refractivity contribution in [2.24, 2.45) is 0 Å². The standard InChI is InChI=1S/C21H23N4O/c1-12-13(2)22-24-19(12)17-9-14-10-25(4,5)11-23(3)20(14)15-7-6-8-16(18(15)17)21(24)26/h6-9H,10-11H2,1-5H3/q+1. The van der Waals surface area contributed by atoms with Crippen LogP contribution >= 0.6 is 0 Å². The number of nitrogens with zero attached hydrogens (tertiary/aromatic N) is 4. The fourth-order valence-electron chi connectivity index (χ4n) is 4.80. The van der Waals surface area contributed by atoms with Crippen molar-refractivity contribution in [2.75, 3.05) is 32.7 Å². The van der Waals surface area contributed by atoms with Gasteiger partial charge in [-0.1, -0.05) is 12.1 Å². The smallest absolute Gasteiger partial charge is 0.279 e. The first-order valence-electron chi connectivity index (χ1n) is 9.01. The van der Waals surface area contributed by atoms with Crippen LogP contribution in [0.2, 0.25) is 0 Å². The third kappa shape index (κ3) is 1.84. The minimum absolute atomic E-state index is 0.0242. The van der Waals surface area contributed by atoms with Gasteiger partial charge in [0.25, 0.3) is 5.56 Å². The molecule has 1 aliphatic heterocycles. The van der Waals surface area contributed by atoms with Crippen molar-refractivity contribution < 1.29 is 4.48 Å². The van der Waals surface area contributed by atoms with Gasteiger partial charge in [-0.3, -0.25) is 4.79 Å². The highest BCUT2D eigenvalue weighted by molar-refractivity contribution is 6.19. The van der Waals surface area contributed by atoms with Crippen LogP contribution in [0.1, 0.15) is 16.8 Å². The lowest BCUT2D eigenvalue weighted by Gasteiger charge is -2.41. The van der Waals surface area contributed by atoms with Gasteiger partial charge in [-0.15, -0.1) is 0 Å². The van der Waals surface area contributed by atoms with Gasteiger partial charge in [-0.05, 0) is 31.5 Å². The van der Waals surface area contributed by atoms with Crippen LogP contribution in [0.25, 0.3) is 27.1 Å². The van der Waals surface area contributed by atoms with Gasteiger partial charge in [0.1, 0.15) is 6.54 Å². The molecule has 5 rings (SSSR count). The molecule has 0 bridgehead atoms. The minimum atomic E-state index is -0.0242. The Morgan fingerprint density at radius 3 is 2.62 bits per heavy atom. The first-order valence-corrected chi connectivity index (χ1v) is 9.01. The van der Waals surface area contributed by atoms with Crippen molar-refractivity contribution >= 4 is 32.7 Å². The molecule has 4 aromatic rings. The summed E-state index contributed by atoms with van der Waals surface area (Å²) in [7, 11) is 6.67. The normalized spacial score (nSPS) is 16.7. The summed E-state index contributed by atoms with van der Waals surface area (Å²) in [4.78, 5) is 15.4. The van der Waals surface area contributed by atoms with Gasteiger partial charge in [0.2, 0.25) is 0 Å². The lowest BCUT2D eigenvalue weighted by atomic mass is 9.94. The summed E-state index contributed by atoms with van der Waals surface area (Å²) < 4.78 is 2.52. The van der Waals surface area contributed by atoms with E-state index >= 15 is 0 Å². The third-order valence-corrected chi connectivity index (χ3v) is 5.82. The monoisotopic (exact) mass is 347 g/mol. The van der Waals surface area contributed by atoms with E-state index in [0.717, 1.165) is 50.6 Å². The number of pyridine rings is 1. The van der Waals surface area contributed by atoms with E-state index in [0.29, 0.717) is 0 Å². The van der Waals surface area contributed by atoms with Gasteiger partial charge in [0.05, 0.1) is 36.4 Å². The summed E-state index contributed by atoms with van der Waals surface area (Å²) in [6, 6.07) is 8.38. The number of benzene rings is 2. The fraction of sp³-hybridized carbons (Fsp3) is 0.333. The SMILES string of the molecule is Cc1nn2c(=O)c3cccc4c5c(cc(c43)c2c1C)C[N+](C)(C)CN5C. The number of hydrogen-bond donors (Lipinski definition) is 0. The zero-order chi connectivity index (χ0) is 18.4. The molecule has 0 radical (unpaired) electrons. The summed E-state index contributed by atoms with van der Waals surface area (Å²) in [5, 5.41) is 8.67. The molecule has 0 atom stereocenters. The maximum absolute atomic E-state index is 13.1. The average molecular weight is 347 g/mol. The summed E-state index contributed by atoms with van der Waals surface area (Å²) in [5.41, 5.74) is 5.54. The van der Waals surface area contributed by atoms with E-state index in [-0.39, 0.29) is 5.56 Å². The zero-order valence-electron chi connectivity index (χ0n) is 15.9. The second kappa shape index (κ2) is 4.74. The molecule has 132 valence electrons. The molecular formula is C21H23N4O+. The van der Waals surface area contributed by atoms with Crippen LogP contribution in [0.15, 0.2) is 29.1 Å². The lowest BCUT2D eigenvalue weighted by Crippen LogP contribution is -2.50. The van der Waals surface area contributed by atoms with Gasteiger partial charge in [0, 0.05) is 28.8 Å². The van der Waals surface area contributed by atoms with E-state index in [9.17, 15) is 4.79 Å². The Bertz CT molecular complexity index is 1270. The van der Waals surface area contributed by atoms with Gasteiger partial charge < -0.3 is 9.38 Å². The zero-order valence-corrected chi connectivity index (χ0v) is 15.9. The van der Waals surface area contributed by atoms with Crippen LogP contribution in [-0.2, 0) is 6.54 Å². The number of fused-ring (bicyclic) bond motifs is 4. The number of rotatable bonds is 0. The third-order valence-electron chi connectivity index (χ3n) is 5.82. The van der Waals surface area contributed by atoms with Gasteiger partial charge in [-0.25, -0.2) is 0 Å². The van der Waals surface area contributed by atoms with E-state index < -0.39 is 0 Å². The van der Waals surface area contributed by atoms with Gasteiger partial charge in [-0.2, -0.15) is 9.61 Å².